The third-order valence-corrected chi connectivity index (χ3v) is 6.06. The number of hydrogen-bond acceptors (Lipinski definition) is 4. The minimum atomic E-state index is -0.0306. The van der Waals surface area contributed by atoms with Crippen LogP contribution < -0.4 is 5.32 Å². The molecule has 1 atom stereocenters. The standard InChI is InChI=1S/C22H37N5O2/c1-5-23-21(24-17-22(3,4)27-10-6-8-18(2)16-27)26-13-11-25(12-14-26)20(28)19-9-7-15-29-19/h7,9,15,18H,5-6,8,10-14,16-17H2,1-4H3,(H,23,24). The van der Waals surface area contributed by atoms with Gasteiger partial charge < -0.3 is 19.5 Å². The molecule has 7 heteroatoms. The van der Waals surface area contributed by atoms with E-state index in [9.17, 15) is 4.79 Å². The highest BCUT2D eigenvalue weighted by Crippen LogP contribution is 2.24. The van der Waals surface area contributed by atoms with E-state index in [1.54, 1.807) is 18.4 Å². The van der Waals surface area contributed by atoms with Crippen LogP contribution in [0, 0.1) is 5.92 Å². The van der Waals surface area contributed by atoms with Gasteiger partial charge in [-0.05, 0) is 58.2 Å². The fourth-order valence-electron chi connectivity index (χ4n) is 4.21. The highest BCUT2D eigenvalue weighted by Gasteiger charge is 2.31. The van der Waals surface area contributed by atoms with Crippen molar-refractivity contribution in [2.24, 2.45) is 10.9 Å². The highest BCUT2D eigenvalue weighted by molar-refractivity contribution is 5.91. The Kier molecular flexibility index (Phi) is 7.22. The van der Waals surface area contributed by atoms with Crippen molar-refractivity contribution in [1.82, 2.24) is 20.0 Å². The average Bonchev–Trinajstić information content (AvgIpc) is 3.26. The van der Waals surface area contributed by atoms with Crippen LogP contribution in [0.2, 0.25) is 0 Å². The first-order chi connectivity index (χ1) is 13.9. The first-order valence-corrected chi connectivity index (χ1v) is 11.0. The lowest BCUT2D eigenvalue weighted by Crippen LogP contribution is -2.55. The van der Waals surface area contributed by atoms with Gasteiger partial charge in [0.05, 0.1) is 12.8 Å². The molecular weight excluding hydrogens is 366 g/mol. The Bertz CT molecular complexity index is 677. The summed E-state index contributed by atoms with van der Waals surface area (Å²) in [5.41, 5.74) is 0.0480. The number of likely N-dealkylation sites (tertiary alicyclic amines) is 1. The lowest BCUT2D eigenvalue weighted by molar-refractivity contribution is 0.0655. The number of furan rings is 1. The van der Waals surface area contributed by atoms with Crippen LogP contribution in [0.1, 0.15) is 51.1 Å². The molecule has 1 aromatic rings. The molecule has 2 saturated heterocycles. The quantitative estimate of drug-likeness (QED) is 0.605. The average molecular weight is 404 g/mol. The van der Waals surface area contributed by atoms with E-state index in [1.807, 2.05) is 4.90 Å². The molecule has 1 N–H and O–H groups in total. The number of carbonyl (C=O) groups excluding carboxylic acids is 1. The molecule has 0 aliphatic carbocycles. The summed E-state index contributed by atoms with van der Waals surface area (Å²) in [6.07, 6.45) is 4.16. The van der Waals surface area contributed by atoms with Gasteiger partial charge >= 0.3 is 0 Å². The van der Waals surface area contributed by atoms with Crippen molar-refractivity contribution >= 4 is 11.9 Å². The number of hydrogen-bond donors (Lipinski definition) is 1. The molecule has 0 bridgehead atoms. The molecule has 0 aromatic carbocycles. The van der Waals surface area contributed by atoms with Gasteiger partial charge in [0.25, 0.3) is 5.91 Å². The van der Waals surface area contributed by atoms with Gasteiger partial charge in [0, 0.05) is 44.8 Å². The number of rotatable bonds is 5. The third-order valence-electron chi connectivity index (χ3n) is 6.06. The maximum absolute atomic E-state index is 12.5. The molecule has 0 radical (unpaired) electrons. The van der Waals surface area contributed by atoms with Crippen molar-refractivity contribution < 1.29 is 9.21 Å². The number of piperidine rings is 1. The van der Waals surface area contributed by atoms with E-state index in [-0.39, 0.29) is 11.4 Å². The van der Waals surface area contributed by atoms with E-state index in [1.165, 1.54) is 12.8 Å². The number of piperazine rings is 1. The smallest absolute Gasteiger partial charge is 0.289 e. The van der Waals surface area contributed by atoms with E-state index in [0.717, 1.165) is 51.1 Å². The Hall–Kier alpha value is -2.02. The zero-order chi connectivity index (χ0) is 20.9. The number of aliphatic imine (C=N–C) groups is 1. The van der Waals surface area contributed by atoms with Gasteiger partial charge in [0.15, 0.2) is 11.7 Å². The van der Waals surface area contributed by atoms with Crippen LogP contribution in [-0.4, -0.2) is 84.5 Å². The second-order valence-corrected chi connectivity index (χ2v) is 8.93. The summed E-state index contributed by atoms with van der Waals surface area (Å²) in [5, 5.41) is 3.44. The van der Waals surface area contributed by atoms with Crippen LogP contribution in [0.15, 0.2) is 27.8 Å². The Morgan fingerprint density at radius 2 is 1.97 bits per heavy atom. The number of carbonyl (C=O) groups is 1. The third kappa shape index (κ3) is 5.53. The summed E-state index contributed by atoms with van der Waals surface area (Å²) in [5.74, 6) is 2.10. The summed E-state index contributed by atoms with van der Waals surface area (Å²) >= 11 is 0. The first-order valence-electron chi connectivity index (χ1n) is 11.0. The van der Waals surface area contributed by atoms with Gasteiger partial charge in [-0.25, -0.2) is 0 Å². The SMILES string of the molecule is CCNC(=NCC(C)(C)N1CCCC(C)C1)N1CCN(C(=O)c2ccco2)CC1. The predicted molar refractivity (Wildman–Crippen MR) is 116 cm³/mol. The van der Waals surface area contributed by atoms with Crippen molar-refractivity contribution in [3.8, 4) is 0 Å². The fraction of sp³-hybridized carbons (Fsp3) is 0.727. The Labute approximate surface area is 175 Å². The van der Waals surface area contributed by atoms with Crippen LogP contribution in [-0.2, 0) is 0 Å². The summed E-state index contributed by atoms with van der Waals surface area (Å²) in [4.78, 5) is 24.2. The van der Waals surface area contributed by atoms with Crippen molar-refractivity contribution in [2.45, 2.75) is 46.1 Å². The van der Waals surface area contributed by atoms with Crippen LogP contribution in [0.25, 0.3) is 0 Å². The van der Waals surface area contributed by atoms with Crippen molar-refractivity contribution in [1.29, 1.82) is 0 Å². The molecule has 1 unspecified atom stereocenters. The molecule has 2 fully saturated rings. The molecular formula is C22H37N5O2. The van der Waals surface area contributed by atoms with E-state index < -0.39 is 0 Å². The minimum absolute atomic E-state index is 0.0306. The number of nitrogens with one attached hydrogen (secondary N) is 1. The molecule has 0 spiro atoms. The Morgan fingerprint density at radius 1 is 1.24 bits per heavy atom. The molecule has 1 amide bonds. The molecule has 0 saturated carbocycles. The minimum Gasteiger partial charge on any atom is -0.459 e. The fourth-order valence-corrected chi connectivity index (χ4v) is 4.21. The number of guanidine groups is 1. The van der Waals surface area contributed by atoms with Gasteiger partial charge in [0.1, 0.15) is 0 Å². The molecule has 3 heterocycles. The second-order valence-electron chi connectivity index (χ2n) is 8.93. The molecule has 29 heavy (non-hydrogen) atoms. The lowest BCUT2D eigenvalue weighted by atomic mass is 9.94. The normalized spacial score (nSPS) is 22.1. The molecule has 2 aliphatic heterocycles. The van der Waals surface area contributed by atoms with Gasteiger partial charge in [0.2, 0.25) is 0 Å². The van der Waals surface area contributed by atoms with Crippen LogP contribution in [0.5, 0.6) is 0 Å². The van der Waals surface area contributed by atoms with Crippen molar-refractivity contribution in [3.63, 3.8) is 0 Å². The summed E-state index contributed by atoms with van der Waals surface area (Å²) in [6, 6.07) is 3.48. The van der Waals surface area contributed by atoms with Gasteiger partial charge in [-0.1, -0.05) is 6.92 Å². The zero-order valence-corrected chi connectivity index (χ0v) is 18.5. The summed E-state index contributed by atoms with van der Waals surface area (Å²) < 4.78 is 5.26. The van der Waals surface area contributed by atoms with Crippen LogP contribution in [0.4, 0.5) is 0 Å². The maximum Gasteiger partial charge on any atom is 0.289 e. The molecule has 162 valence electrons. The zero-order valence-electron chi connectivity index (χ0n) is 18.5. The largest absolute Gasteiger partial charge is 0.459 e. The molecule has 1 aromatic heterocycles. The van der Waals surface area contributed by atoms with Crippen molar-refractivity contribution in [3.05, 3.63) is 24.2 Å². The maximum atomic E-state index is 12.5. The summed E-state index contributed by atoms with van der Waals surface area (Å²) in [6.45, 7) is 15.9. The Morgan fingerprint density at radius 3 is 2.59 bits per heavy atom. The lowest BCUT2D eigenvalue weighted by Gasteiger charge is -2.42. The van der Waals surface area contributed by atoms with Crippen LogP contribution >= 0.6 is 0 Å². The topological polar surface area (TPSA) is 64.3 Å². The monoisotopic (exact) mass is 403 g/mol. The van der Waals surface area contributed by atoms with Gasteiger partial charge in [-0.2, -0.15) is 0 Å². The van der Waals surface area contributed by atoms with E-state index >= 15 is 0 Å². The van der Waals surface area contributed by atoms with Crippen LogP contribution in [0.3, 0.4) is 0 Å². The highest BCUT2D eigenvalue weighted by atomic mass is 16.3. The predicted octanol–water partition coefficient (Wildman–Crippen LogP) is 2.51. The molecule has 7 nitrogen and oxygen atoms in total. The van der Waals surface area contributed by atoms with E-state index in [4.69, 9.17) is 9.41 Å². The van der Waals surface area contributed by atoms with E-state index in [2.05, 4.69) is 42.8 Å². The summed E-state index contributed by atoms with van der Waals surface area (Å²) in [7, 11) is 0. The molecule has 3 rings (SSSR count). The second kappa shape index (κ2) is 9.65. The van der Waals surface area contributed by atoms with Crippen molar-refractivity contribution in [2.75, 3.05) is 52.4 Å². The first kappa shape index (κ1) is 21.7. The van der Waals surface area contributed by atoms with E-state index in [0.29, 0.717) is 18.8 Å². The molecule has 2 aliphatic rings. The number of nitrogens with zero attached hydrogens (tertiary/aromatic N) is 4. The number of amides is 1. The Balaban J connectivity index is 1.58. The van der Waals surface area contributed by atoms with Gasteiger partial charge in [-0.15, -0.1) is 0 Å². The van der Waals surface area contributed by atoms with Gasteiger partial charge in [-0.3, -0.25) is 14.7 Å².